The Balaban J connectivity index is 1.69. The predicted molar refractivity (Wildman–Crippen MR) is 114 cm³/mol. The van der Waals surface area contributed by atoms with Crippen LogP contribution in [-0.4, -0.2) is 30.6 Å². The lowest BCUT2D eigenvalue weighted by Crippen LogP contribution is -2.41. The van der Waals surface area contributed by atoms with Crippen molar-refractivity contribution in [1.82, 2.24) is 25.1 Å². The fourth-order valence-corrected chi connectivity index (χ4v) is 2.86. The summed E-state index contributed by atoms with van der Waals surface area (Å²) in [6.45, 7) is 5.73. The first-order chi connectivity index (χ1) is 14.3. The van der Waals surface area contributed by atoms with Crippen molar-refractivity contribution >= 4 is 28.8 Å². The molecule has 0 bridgehead atoms. The van der Waals surface area contributed by atoms with Crippen LogP contribution >= 0.6 is 0 Å². The lowest BCUT2D eigenvalue weighted by Gasteiger charge is -2.25. The average molecular weight is 404 g/mol. The summed E-state index contributed by atoms with van der Waals surface area (Å²) in [7, 11) is 0. The van der Waals surface area contributed by atoms with Gasteiger partial charge in [0.05, 0.1) is 18.1 Å². The van der Waals surface area contributed by atoms with E-state index in [-0.39, 0.29) is 16.9 Å². The second-order valence-electron chi connectivity index (χ2n) is 7.62. The quantitative estimate of drug-likeness (QED) is 0.466. The molecule has 0 spiro atoms. The van der Waals surface area contributed by atoms with Crippen molar-refractivity contribution in [2.75, 3.05) is 15.6 Å². The van der Waals surface area contributed by atoms with Gasteiger partial charge in [-0.15, -0.1) is 5.10 Å². The van der Waals surface area contributed by atoms with Crippen LogP contribution in [0.25, 0.3) is 0 Å². The van der Waals surface area contributed by atoms with Crippen LogP contribution in [-0.2, 0) is 0 Å². The van der Waals surface area contributed by atoms with Crippen molar-refractivity contribution in [3.8, 4) is 0 Å². The Morgan fingerprint density at radius 1 is 0.967 bits per heavy atom. The molecule has 0 amide bonds. The van der Waals surface area contributed by atoms with Crippen LogP contribution in [0, 0.1) is 0 Å². The van der Waals surface area contributed by atoms with E-state index in [0.717, 1.165) is 5.69 Å². The lowest BCUT2D eigenvalue weighted by atomic mass is 10.1. The van der Waals surface area contributed by atoms with Gasteiger partial charge >= 0.3 is 0 Å². The minimum atomic E-state index is -0.585. The van der Waals surface area contributed by atoms with E-state index >= 15 is 0 Å². The van der Waals surface area contributed by atoms with Gasteiger partial charge in [0, 0.05) is 11.7 Å². The molecular formula is C20H20N8O2. The van der Waals surface area contributed by atoms with Crippen LogP contribution in [0.5, 0.6) is 0 Å². The Labute approximate surface area is 171 Å². The van der Waals surface area contributed by atoms with Crippen molar-refractivity contribution < 1.29 is 0 Å². The molecule has 0 saturated heterocycles. The van der Waals surface area contributed by atoms with E-state index in [2.05, 4.69) is 30.9 Å². The van der Waals surface area contributed by atoms with E-state index in [0.29, 0.717) is 11.8 Å². The Bertz CT molecular complexity index is 1220. The second-order valence-corrected chi connectivity index (χ2v) is 7.62. The van der Waals surface area contributed by atoms with E-state index in [1.54, 1.807) is 29.7 Å². The molecule has 0 unspecified atom stereocenters. The molecule has 4 rings (SSSR count). The summed E-state index contributed by atoms with van der Waals surface area (Å²) in [6.07, 6.45) is 4.77. The minimum Gasteiger partial charge on any atom is -0.375 e. The lowest BCUT2D eigenvalue weighted by molar-refractivity contribution is 0.632. The number of anilines is 5. The summed E-state index contributed by atoms with van der Waals surface area (Å²) in [5.41, 5.74) is -0.291. The smallest absolute Gasteiger partial charge is 0.253 e. The number of rotatable bonds is 6. The standard InChI is InChI=1S/C20H20N8O2/c1-20(2,3)25-16-15(17(29)18(16)30)23-14-9-10-21-19(24-14)28(27-12-11-22-26-27)13-7-5-4-6-8-13/h4-12,25H,1-3H3,(H,21,23,24). The third-order valence-corrected chi connectivity index (χ3v) is 4.11. The summed E-state index contributed by atoms with van der Waals surface area (Å²) in [5, 5.41) is 15.6. The molecule has 0 atom stereocenters. The van der Waals surface area contributed by atoms with Gasteiger partial charge in [0.25, 0.3) is 16.8 Å². The van der Waals surface area contributed by atoms with Gasteiger partial charge in [-0.05, 0) is 44.2 Å². The maximum absolute atomic E-state index is 12.1. The fraction of sp³-hybridized carbons (Fsp3) is 0.200. The zero-order chi connectivity index (χ0) is 21.3. The molecule has 0 aliphatic rings. The van der Waals surface area contributed by atoms with Crippen LogP contribution < -0.4 is 26.5 Å². The van der Waals surface area contributed by atoms with Gasteiger partial charge in [-0.2, -0.15) is 14.8 Å². The predicted octanol–water partition coefficient (Wildman–Crippen LogP) is 2.22. The SMILES string of the molecule is CC(C)(C)Nc1c(Nc2ccnc(N(c3ccccc3)n3ccnn3)n2)c(=O)c1=O. The number of aromatic nitrogens is 5. The fourth-order valence-electron chi connectivity index (χ4n) is 2.86. The summed E-state index contributed by atoms with van der Waals surface area (Å²) in [4.78, 5) is 34.4. The van der Waals surface area contributed by atoms with Crippen LogP contribution in [0.2, 0.25) is 0 Å². The second kappa shape index (κ2) is 7.39. The minimum absolute atomic E-state index is 0.187. The zero-order valence-corrected chi connectivity index (χ0v) is 16.7. The van der Waals surface area contributed by atoms with Crippen LogP contribution in [0.4, 0.5) is 28.8 Å². The summed E-state index contributed by atoms with van der Waals surface area (Å²) in [5.74, 6) is 0.672. The summed E-state index contributed by atoms with van der Waals surface area (Å²) < 4.78 is 0. The molecule has 2 N–H and O–H groups in total. The molecule has 2 aromatic carbocycles. The molecule has 0 radical (unpaired) electrons. The Morgan fingerprint density at radius 3 is 2.37 bits per heavy atom. The molecule has 0 saturated carbocycles. The molecular weight excluding hydrogens is 384 g/mol. The van der Waals surface area contributed by atoms with Gasteiger partial charge in [-0.3, -0.25) is 9.59 Å². The highest BCUT2D eigenvalue weighted by molar-refractivity contribution is 5.78. The largest absolute Gasteiger partial charge is 0.375 e. The summed E-state index contributed by atoms with van der Waals surface area (Å²) in [6, 6.07) is 11.0. The highest BCUT2D eigenvalue weighted by Gasteiger charge is 2.25. The van der Waals surface area contributed by atoms with Gasteiger partial charge in [-0.1, -0.05) is 18.2 Å². The number of nitrogens with zero attached hydrogens (tertiary/aromatic N) is 6. The first kappa shape index (κ1) is 19.2. The molecule has 0 aliphatic heterocycles. The van der Waals surface area contributed by atoms with Crippen LogP contribution in [0.3, 0.4) is 0 Å². The molecule has 30 heavy (non-hydrogen) atoms. The van der Waals surface area contributed by atoms with Crippen molar-refractivity contribution in [1.29, 1.82) is 0 Å². The van der Waals surface area contributed by atoms with Gasteiger partial charge in [0.1, 0.15) is 17.2 Å². The van der Waals surface area contributed by atoms with Gasteiger partial charge in [-0.25, -0.2) is 4.98 Å². The number of hydrogen-bond donors (Lipinski definition) is 2. The van der Waals surface area contributed by atoms with Crippen LogP contribution in [0.1, 0.15) is 20.8 Å². The molecule has 152 valence electrons. The monoisotopic (exact) mass is 404 g/mol. The molecule has 4 aromatic rings. The topological polar surface area (TPSA) is 118 Å². The zero-order valence-electron chi connectivity index (χ0n) is 16.7. The van der Waals surface area contributed by atoms with E-state index in [1.165, 1.54) is 4.79 Å². The maximum atomic E-state index is 12.1. The maximum Gasteiger partial charge on any atom is 0.253 e. The van der Waals surface area contributed by atoms with Crippen molar-refractivity contribution in [2.45, 2.75) is 26.3 Å². The normalized spacial score (nSPS) is 11.4. The number of hydrogen-bond acceptors (Lipinski definition) is 9. The van der Waals surface area contributed by atoms with Gasteiger partial charge in [0.15, 0.2) is 0 Å². The molecule has 10 heteroatoms. The van der Waals surface area contributed by atoms with Gasteiger partial charge < -0.3 is 10.6 Å². The Kier molecular flexibility index (Phi) is 4.74. The van der Waals surface area contributed by atoms with Crippen molar-refractivity contribution in [3.05, 3.63) is 75.4 Å². The van der Waals surface area contributed by atoms with Crippen molar-refractivity contribution in [2.24, 2.45) is 0 Å². The van der Waals surface area contributed by atoms with E-state index in [9.17, 15) is 9.59 Å². The van der Waals surface area contributed by atoms with E-state index in [4.69, 9.17) is 0 Å². The van der Waals surface area contributed by atoms with E-state index < -0.39 is 10.9 Å². The molecule has 0 aliphatic carbocycles. The first-order valence-electron chi connectivity index (χ1n) is 9.27. The number of para-hydroxylation sites is 1. The highest BCUT2D eigenvalue weighted by atomic mass is 16.2. The highest BCUT2D eigenvalue weighted by Crippen LogP contribution is 2.26. The Morgan fingerprint density at radius 2 is 1.70 bits per heavy atom. The van der Waals surface area contributed by atoms with Gasteiger partial charge in [0.2, 0.25) is 0 Å². The number of benzene rings is 1. The first-order valence-corrected chi connectivity index (χ1v) is 9.27. The number of nitrogens with one attached hydrogen (secondary N) is 2. The molecule has 2 aromatic heterocycles. The van der Waals surface area contributed by atoms with E-state index in [1.807, 2.05) is 51.1 Å². The third-order valence-electron chi connectivity index (χ3n) is 4.11. The summed E-state index contributed by atoms with van der Waals surface area (Å²) >= 11 is 0. The Hall–Kier alpha value is -4.08. The van der Waals surface area contributed by atoms with Crippen LogP contribution in [0.15, 0.2) is 64.6 Å². The molecule has 10 nitrogen and oxygen atoms in total. The molecule has 2 heterocycles. The third kappa shape index (κ3) is 3.75. The average Bonchev–Trinajstić information content (AvgIpc) is 3.25. The molecule has 0 fully saturated rings. The van der Waals surface area contributed by atoms with Crippen molar-refractivity contribution in [3.63, 3.8) is 0 Å².